The van der Waals surface area contributed by atoms with Gasteiger partial charge in [0.1, 0.15) is 0 Å². The van der Waals surface area contributed by atoms with Gasteiger partial charge in [-0.2, -0.15) is 0 Å². The largest absolute Gasteiger partial charge is 0.390 e. The van der Waals surface area contributed by atoms with Crippen LogP contribution in [-0.2, 0) is 9.53 Å². The lowest BCUT2D eigenvalue weighted by Gasteiger charge is -2.48. The van der Waals surface area contributed by atoms with Crippen molar-refractivity contribution < 1.29 is 14.6 Å². The summed E-state index contributed by atoms with van der Waals surface area (Å²) in [7, 11) is 0. The number of likely N-dealkylation sites (tertiary alicyclic amines) is 1. The predicted molar refractivity (Wildman–Crippen MR) is 98.2 cm³/mol. The van der Waals surface area contributed by atoms with Gasteiger partial charge < -0.3 is 20.1 Å². The molecule has 1 atom stereocenters. The highest BCUT2D eigenvalue weighted by molar-refractivity contribution is 5.85. The normalized spacial score (nSPS) is 30.3. The summed E-state index contributed by atoms with van der Waals surface area (Å²) in [5, 5.41) is 13.6. The maximum absolute atomic E-state index is 12.3. The van der Waals surface area contributed by atoms with Crippen LogP contribution in [0.1, 0.15) is 32.6 Å². The van der Waals surface area contributed by atoms with E-state index in [2.05, 4.69) is 10.2 Å². The molecule has 1 amide bonds. The van der Waals surface area contributed by atoms with Crippen molar-refractivity contribution in [2.75, 3.05) is 52.4 Å². The summed E-state index contributed by atoms with van der Waals surface area (Å²) in [5.74, 6) is 0.244. The quantitative estimate of drug-likeness (QED) is 0.732. The van der Waals surface area contributed by atoms with E-state index in [1.54, 1.807) is 0 Å². The molecule has 0 aliphatic carbocycles. The van der Waals surface area contributed by atoms with Crippen molar-refractivity contribution >= 4 is 30.7 Å². The average Bonchev–Trinajstić information content (AvgIpc) is 2.50. The molecule has 3 aliphatic rings. The molecule has 0 aromatic rings. The number of carbonyl (C=O) groups excluding carboxylic acids is 1. The second-order valence-electron chi connectivity index (χ2n) is 7.36. The summed E-state index contributed by atoms with van der Waals surface area (Å²) in [6.07, 6.45) is 3.27. The van der Waals surface area contributed by atoms with Crippen LogP contribution in [0, 0.1) is 0 Å². The summed E-state index contributed by atoms with van der Waals surface area (Å²) in [5.41, 5.74) is -0.770. The highest BCUT2D eigenvalue weighted by Crippen LogP contribution is 2.39. The standard InChI is InChI=1S/C16H29N3O3.2ClH/c1-15(21)4-11-22-16(13-15)2-7-18(8-3-16)12-14(20)19-9-5-17-6-10-19;;/h17,21H,2-13H2,1H3;2*1H. The minimum Gasteiger partial charge on any atom is -0.390 e. The van der Waals surface area contributed by atoms with Crippen LogP contribution in [0.15, 0.2) is 0 Å². The smallest absolute Gasteiger partial charge is 0.236 e. The Morgan fingerprint density at radius 3 is 2.33 bits per heavy atom. The molecule has 0 saturated carbocycles. The minimum atomic E-state index is -0.600. The molecule has 1 spiro atoms. The lowest BCUT2D eigenvalue weighted by molar-refractivity contribution is -0.173. The Labute approximate surface area is 157 Å². The molecule has 3 heterocycles. The summed E-state index contributed by atoms with van der Waals surface area (Å²) in [6.45, 7) is 8.29. The van der Waals surface area contributed by atoms with Crippen LogP contribution in [0.2, 0.25) is 0 Å². The number of hydrogen-bond donors (Lipinski definition) is 2. The second kappa shape index (κ2) is 9.01. The number of carbonyl (C=O) groups is 1. The number of rotatable bonds is 2. The Balaban J connectivity index is 0.00000144. The van der Waals surface area contributed by atoms with Gasteiger partial charge in [0.15, 0.2) is 0 Å². The van der Waals surface area contributed by atoms with Gasteiger partial charge in [-0.25, -0.2) is 0 Å². The molecular formula is C16H31Cl2N3O3. The molecule has 3 rings (SSSR count). The maximum atomic E-state index is 12.3. The Morgan fingerprint density at radius 2 is 1.75 bits per heavy atom. The van der Waals surface area contributed by atoms with Gasteiger partial charge in [-0.3, -0.25) is 9.69 Å². The van der Waals surface area contributed by atoms with Crippen molar-refractivity contribution in [3.63, 3.8) is 0 Å². The first-order valence-corrected chi connectivity index (χ1v) is 8.55. The molecule has 0 aromatic carbocycles. The molecule has 142 valence electrons. The van der Waals surface area contributed by atoms with E-state index in [0.29, 0.717) is 13.2 Å². The molecule has 1 unspecified atom stereocenters. The van der Waals surface area contributed by atoms with Gasteiger partial charge in [0.25, 0.3) is 0 Å². The van der Waals surface area contributed by atoms with E-state index >= 15 is 0 Å². The molecule has 24 heavy (non-hydrogen) atoms. The third-order valence-electron chi connectivity index (χ3n) is 5.35. The number of piperidine rings is 1. The minimum absolute atomic E-state index is 0. The Bertz CT molecular complexity index is 409. The molecule has 2 N–H and O–H groups in total. The van der Waals surface area contributed by atoms with Gasteiger partial charge in [-0.15, -0.1) is 24.8 Å². The summed E-state index contributed by atoms with van der Waals surface area (Å²) in [6, 6.07) is 0. The van der Waals surface area contributed by atoms with E-state index in [4.69, 9.17) is 4.74 Å². The van der Waals surface area contributed by atoms with Gasteiger partial charge in [0, 0.05) is 45.7 Å². The molecule has 8 heteroatoms. The Kier molecular flexibility index (Phi) is 8.23. The van der Waals surface area contributed by atoms with Crippen molar-refractivity contribution in [2.45, 2.75) is 43.8 Å². The SMILES string of the molecule is CC1(O)CCOC2(CCN(CC(=O)N3CCNCC3)CC2)C1.Cl.Cl. The fourth-order valence-electron chi connectivity index (χ4n) is 3.97. The Morgan fingerprint density at radius 1 is 1.12 bits per heavy atom. The molecule has 3 saturated heterocycles. The van der Waals surface area contributed by atoms with E-state index in [9.17, 15) is 9.90 Å². The van der Waals surface area contributed by atoms with E-state index < -0.39 is 5.60 Å². The monoisotopic (exact) mass is 383 g/mol. The fraction of sp³-hybridized carbons (Fsp3) is 0.938. The van der Waals surface area contributed by atoms with Crippen LogP contribution in [0.4, 0.5) is 0 Å². The highest BCUT2D eigenvalue weighted by Gasteiger charge is 2.44. The number of nitrogens with zero attached hydrogens (tertiary/aromatic N) is 2. The van der Waals surface area contributed by atoms with Gasteiger partial charge in [-0.1, -0.05) is 0 Å². The van der Waals surface area contributed by atoms with Crippen LogP contribution in [0.3, 0.4) is 0 Å². The van der Waals surface area contributed by atoms with Crippen molar-refractivity contribution in [1.82, 2.24) is 15.1 Å². The molecule has 0 aromatic heterocycles. The van der Waals surface area contributed by atoms with Gasteiger partial charge in [0.05, 0.1) is 24.4 Å². The number of aliphatic hydroxyl groups is 1. The fourth-order valence-corrected chi connectivity index (χ4v) is 3.97. The first kappa shape index (κ1) is 21.9. The topological polar surface area (TPSA) is 65.0 Å². The Hall–Kier alpha value is -0.110. The molecular weight excluding hydrogens is 353 g/mol. The summed E-state index contributed by atoms with van der Waals surface area (Å²) < 4.78 is 6.02. The lowest BCUT2D eigenvalue weighted by atomic mass is 9.78. The lowest BCUT2D eigenvalue weighted by Crippen LogP contribution is -2.55. The van der Waals surface area contributed by atoms with Crippen LogP contribution >= 0.6 is 24.8 Å². The van der Waals surface area contributed by atoms with Crippen LogP contribution in [-0.4, -0.2) is 84.4 Å². The van der Waals surface area contributed by atoms with Crippen molar-refractivity contribution in [3.8, 4) is 0 Å². The molecule has 6 nitrogen and oxygen atoms in total. The van der Waals surface area contributed by atoms with Gasteiger partial charge in [-0.05, 0) is 26.2 Å². The molecule has 3 aliphatic heterocycles. The number of halogens is 2. The zero-order valence-electron chi connectivity index (χ0n) is 14.5. The maximum Gasteiger partial charge on any atom is 0.236 e. The van der Waals surface area contributed by atoms with Crippen LogP contribution < -0.4 is 5.32 Å². The second-order valence-corrected chi connectivity index (χ2v) is 7.36. The summed E-state index contributed by atoms with van der Waals surface area (Å²) in [4.78, 5) is 16.5. The van der Waals surface area contributed by atoms with Gasteiger partial charge >= 0.3 is 0 Å². The number of nitrogens with one attached hydrogen (secondary N) is 1. The number of piperazine rings is 1. The van der Waals surface area contributed by atoms with E-state index in [-0.39, 0.29) is 36.3 Å². The highest BCUT2D eigenvalue weighted by atomic mass is 35.5. The van der Waals surface area contributed by atoms with E-state index in [0.717, 1.165) is 65.0 Å². The van der Waals surface area contributed by atoms with Crippen molar-refractivity contribution in [3.05, 3.63) is 0 Å². The molecule has 0 radical (unpaired) electrons. The van der Waals surface area contributed by atoms with Crippen LogP contribution in [0.25, 0.3) is 0 Å². The number of hydrogen-bond acceptors (Lipinski definition) is 5. The third kappa shape index (κ3) is 5.44. The van der Waals surface area contributed by atoms with Crippen molar-refractivity contribution in [1.29, 1.82) is 0 Å². The van der Waals surface area contributed by atoms with Crippen LogP contribution in [0.5, 0.6) is 0 Å². The number of amides is 1. The van der Waals surface area contributed by atoms with E-state index in [1.165, 1.54) is 0 Å². The average molecular weight is 384 g/mol. The zero-order valence-corrected chi connectivity index (χ0v) is 16.1. The molecule has 3 fully saturated rings. The first-order valence-electron chi connectivity index (χ1n) is 8.55. The first-order chi connectivity index (χ1) is 10.5. The van der Waals surface area contributed by atoms with Crippen molar-refractivity contribution in [2.24, 2.45) is 0 Å². The molecule has 0 bridgehead atoms. The zero-order chi connectivity index (χ0) is 15.6. The van der Waals surface area contributed by atoms with E-state index in [1.807, 2.05) is 11.8 Å². The number of ether oxygens (including phenoxy) is 1. The third-order valence-corrected chi connectivity index (χ3v) is 5.35. The van der Waals surface area contributed by atoms with Gasteiger partial charge in [0.2, 0.25) is 5.91 Å². The summed E-state index contributed by atoms with van der Waals surface area (Å²) >= 11 is 0. The predicted octanol–water partition coefficient (Wildman–Crippen LogP) is 0.658.